The van der Waals surface area contributed by atoms with Crippen molar-refractivity contribution in [3.8, 4) is 5.75 Å². The number of phenols is 1. The fraction of sp³-hybridized carbons (Fsp3) is 0.409. The number of primary amides is 1. The minimum Gasteiger partial charge on any atom is -0.508 e. The smallest absolute Gasteiger partial charge is 0.243 e. The third-order valence-corrected chi connectivity index (χ3v) is 9.70. The number of rotatable bonds is 25. The van der Waals surface area contributed by atoms with Crippen LogP contribution in [0.2, 0.25) is 0 Å². The van der Waals surface area contributed by atoms with Gasteiger partial charge in [-0.2, -0.15) is 0 Å². The van der Waals surface area contributed by atoms with Crippen LogP contribution >= 0.6 is 0 Å². The molecule has 0 aliphatic carbocycles. The van der Waals surface area contributed by atoms with Crippen LogP contribution in [0.5, 0.6) is 5.75 Å². The molecular formula is C44H61N11O8. The van der Waals surface area contributed by atoms with E-state index in [4.69, 9.17) is 22.9 Å². The Morgan fingerprint density at radius 2 is 1.08 bits per heavy atom. The molecule has 0 fully saturated rings. The Morgan fingerprint density at radius 3 is 1.63 bits per heavy atom. The average molecular weight is 872 g/mol. The lowest BCUT2D eigenvalue weighted by Crippen LogP contribution is -2.59. The van der Waals surface area contributed by atoms with Crippen LogP contribution in [0.1, 0.15) is 56.7 Å². The maximum atomic E-state index is 14.1. The van der Waals surface area contributed by atoms with Gasteiger partial charge in [-0.05, 0) is 67.3 Å². The molecule has 0 aliphatic rings. The molecule has 3 rings (SSSR count). The van der Waals surface area contributed by atoms with Gasteiger partial charge in [-0.25, -0.2) is 0 Å². The first-order valence-corrected chi connectivity index (χ1v) is 20.7. The molecule has 19 nitrogen and oxygen atoms in total. The van der Waals surface area contributed by atoms with E-state index in [0.29, 0.717) is 11.1 Å². The van der Waals surface area contributed by atoms with Crippen LogP contribution in [0.4, 0.5) is 0 Å². The van der Waals surface area contributed by atoms with Gasteiger partial charge < -0.3 is 59.9 Å². The Morgan fingerprint density at radius 1 is 0.587 bits per heavy atom. The zero-order chi connectivity index (χ0) is 46.5. The van der Waals surface area contributed by atoms with Crippen molar-refractivity contribution in [2.75, 3.05) is 13.1 Å². The molecule has 0 unspecified atom stereocenters. The molecule has 0 heterocycles. The number of amides is 7. The first-order chi connectivity index (χ1) is 29.9. The van der Waals surface area contributed by atoms with Crippen LogP contribution < -0.4 is 54.8 Å². The van der Waals surface area contributed by atoms with E-state index < -0.39 is 84.1 Å². The summed E-state index contributed by atoms with van der Waals surface area (Å²) in [6.45, 7) is 4.74. The molecular weight excluding hydrogens is 811 g/mol. The molecule has 63 heavy (non-hydrogen) atoms. The number of carbonyl (C=O) groups excluding carboxylic acids is 7. The summed E-state index contributed by atoms with van der Waals surface area (Å²) in [7, 11) is 0. The normalized spacial score (nSPS) is 13.7. The third kappa shape index (κ3) is 18.6. The molecule has 15 N–H and O–H groups in total. The monoisotopic (exact) mass is 871 g/mol. The predicted octanol–water partition coefficient (Wildman–Crippen LogP) is -1.11. The lowest BCUT2D eigenvalue weighted by molar-refractivity contribution is -0.135. The van der Waals surface area contributed by atoms with Gasteiger partial charge in [0.15, 0.2) is 5.96 Å². The van der Waals surface area contributed by atoms with Crippen molar-refractivity contribution < 1.29 is 38.7 Å². The van der Waals surface area contributed by atoms with Gasteiger partial charge in [0.25, 0.3) is 0 Å². The maximum Gasteiger partial charge on any atom is 0.243 e. The summed E-state index contributed by atoms with van der Waals surface area (Å²) in [4.78, 5) is 97.0. The van der Waals surface area contributed by atoms with Crippen LogP contribution in [0.15, 0.2) is 89.9 Å². The summed E-state index contributed by atoms with van der Waals surface area (Å²) >= 11 is 0. The number of carbonyl (C=O) groups is 7. The van der Waals surface area contributed by atoms with E-state index in [-0.39, 0.29) is 62.7 Å². The molecule has 0 bridgehead atoms. The topological polar surface area (TPSA) is 328 Å². The molecule has 0 aromatic heterocycles. The number of hydrogen-bond donors (Lipinski definition) is 11. The van der Waals surface area contributed by atoms with E-state index in [1.165, 1.54) is 19.1 Å². The van der Waals surface area contributed by atoms with Crippen molar-refractivity contribution in [2.24, 2.45) is 33.8 Å². The number of guanidine groups is 1. The molecule has 0 spiro atoms. The SMILES string of the molecule is CC(C)C[C@@H](NC(=O)[C@H](Cc1ccccc1)NC(=O)[C@@H](C)NC(=O)CNC(=O)[C@@H](N)Cc1ccc(O)cc1)C(=O)N[C@@H](CCCN=C(N)N)C(=O)N[C@@H](Cc1ccccc1)C(N)=O. The van der Waals surface area contributed by atoms with Crippen LogP contribution in [0.25, 0.3) is 0 Å². The number of hydrogen-bond acceptors (Lipinski definition) is 10. The quantitative estimate of drug-likeness (QED) is 0.0276. The molecule has 19 heteroatoms. The highest BCUT2D eigenvalue weighted by Gasteiger charge is 2.32. The van der Waals surface area contributed by atoms with E-state index in [1.54, 1.807) is 72.8 Å². The minimum absolute atomic E-state index is 0.00974. The first-order valence-electron chi connectivity index (χ1n) is 20.7. The van der Waals surface area contributed by atoms with Crippen LogP contribution in [-0.2, 0) is 52.8 Å². The molecule has 0 aliphatic heterocycles. The number of nitrogens with two attached hydrogens (primary N) is 4. The number of aromatic hydroxyl groups is 1. The van der Waals surface area contributed by atoms with Gasteiger partial charge in [0, 0.05) is 19.4 Å². The maximum absolute atomic E-state index is 14.1. The van der Waals surface area contributed by atoms with Crippen molar-refractivity contribution in [3.63, 3.8) is 0 Å². The minimum atomic E-state index is -1.23. The number of nitrogens with zero attached hydrogens (tertiary/aromatic N) is 1. The van der Waals surface area contributed by atoms with Crippen molar-refractivity contribution in [1.29, 1.82) is 0 Å². The zero-order valence-electron chi connectivity index (χ0n) is 35.8. The third-order valence-electron chi connectivity index (χ3n) is 9.70. The molecule has 6 atom stereocenters. The summed E-state index contributed by atoms with van der Waals surface area (Å²) < 4.78 is 0. The van der Waals surface area contributed by atoms with Crippen molar-refractivity contribution in [2.45, 2.75) is 95.5 Å². The highest BCUT2D eigenvalue weighted by atomic mass is 16.3. The van der Waals surface area contributed by atoms with Crippen molar-refractivity contribution in [1.82, 2.24) is 31.9 Å². The molecule has 0 saturated heterocycles. The molecule has 0 saturated carbocycles. The Hall–Kier alpha value is -7.02. The number of phenolic OH excluding ortho intramolecular Hbond substituents is 1. The van der Waals surface area contributed by atoms with Gasteiger partial charge >= 0.3 is 0 Å². The van der Waals surface area contributed by atoms with Gasteiger partial charge in [0.05, 0.1) is 12.6 Å². The van der Waals surface area contributed by atoms with Crippen LogP contribution in [0.3, 0.4) is 0 Å². The number of aliphatic imine (C=N–C) groups is 1. The van der Waals surface area contributed by atoms with E-state index in [9.17, 15) is 38.7 Å². The van der Waals surface area contributed by atoms with Gasteiger partial charge in [-0.1, -0.05) is 86.6 Å². The molecule has 7 amide bonds. The van der Waals surface area contributed by atoms with E-state index in [0.717, 1.165) is 5.56 Å². The highest BCUT2D eigenvalue weighted by molar-refractivity contribution is 5.96. The lowest BCUT2D eigenvalue weighted by atomic mass is 10.00. The lowest BCUT2D eigenvalue weighted by Gasteiger charge is -2.27. The molecule has 3 aromatic carbocycles. The van der Waals surface area contributed by atoms with Gasteiger partial charge in [0.1, 0.15) is 36.0 Å². The molecule has 3 aromatic rings. The second-order valence-electron chi connectivity index (χ2n) is 15.6. The highest BCUT2D eigenvalue weighted by Crippen LogP contribution is 2.12. The van der Waals surface area contributed by atoms with E-state index >= 15 is 0 Å². The fourth-order valence-electron chi connectivity index (χ4n) is 6.36. The van der Waals surface area contributed by atoms with Gasteiger partial charge in [-0.15, -0.1) is 0 Å². The molecule has 0 radical (unpaired) electrons. The van der Waals surface area contributed by atoms with Crippen LogP contribution in [0, 0.1) is 5.92 Å². The summed E-state index contributed by atoms with van der Waals surface area (Å²) in [5, 5.41) is 25.2. The first kappa shape index (κ1) is 50.3. The van der Waals surface area contributed by atoms with E-state index in [2.05, 4.69) is 36.9 Å². The van der Waals surface area contributed by atoms with Crippen LogP contribution in [-0.4, -0.2) is 102 Å². The van der Waals surface area contributed by atoms with E-state index in [1.807, 2.05) is 13.8 Å². The Balaban J connectivity index is 1.73. The standard InChI is InChI=1S/C44H61N11O8/c1-26(2)21-35(42(62)52-33(15-10-20-49-44(47)48)41(61)53-34(38(46)58)23-28-11-6-4-7-12-28)55-43(63)36(24-29-13-8-5-9-14-29)54-39(59)27(3)51-37(57)25-50-40(60)32(45)22-30-16-18-31(56)19-17-30/h4-9,11-14,16-19,26-27,32-36,56H,10,15,20-25,45H2,1-3H3,(H2,46,58)(H,50,60)(H,51,57)(H,52,62)(H,53,61)(H,54,59)(H,55,63)(H4,47,48,49)/t27-,32+,33+,34+,35-,36+/m1/s1. The molecule has 340 valence electrons. The number of benzene rings is 3. The fourth-order valence-corrected chi connectivity index (χ4v) is 6.36. The van der Waals surface area contributed by atoms with Crippen molar-refractivity contribution in [3.05, 3.63) is 102 Å². The largest absolute Gasteiger partial charge is 0.508 e. The van der Waals surface area contributed by atoms with Gasteiger partial charge in [0.2, 0.25) is 41.4 Å². The summed E-state index contributed by atoms with van der Waals surface area (Å²) in [6.07, 6.45) is 0.725. The Bertz CT molecular complexity index is 2010. The number of nitrogens with one attached hydrogen (secondary N) is 6. The Labute approximate surface area is 367 Å². The van der Waals surface area contributed by atoms with Crippen molar-refractivity contribution >= 4 is 47.3 Å². The summed E-state index contributed by atoms with van der Waals surface area (Å²) in [6, 6.07) is 17.1. The Kier molecular flexibility index (Phi) is 20.5. The summed E-state index contributed by atoms with van der Waals surface area (Å²) in [5.74, 6) is -5.13. The second kappa shape index (κ2) is 25.7. The zero-order valence-corrected chi connectivity index (χ0v) is 35.8. The predicted molar refractivity (Wildman–Crippen MR) is 237 cm³/mol. The summed E-state index contributed by atoms with van der Waals surface area (Å²) in [5.41, 5.74) is 24.7. The van der Waals surface area contributed by atoms with Gasteiger partial charge in [-0.3, -0.25) is 38.6 Å². The average Bonchev–Trinajstić information content (AvgIpc) is 3.24. The second-order valence-corrected chi connectivity index (χ2v) is 15.6.